The number of nitrogens with zero attached hydrogens (tertiary/aromatic N) is 2. The fourth-order valence-electron chi connectivity index (χ4n) is 2.71. The number of hydrogen-bond acceptors (Lipinski definition) is 6. The highest BCUT2D eigenvalue weighted by Crippen LogP contribution is 2.31. The maximum Gasteiger partial charge on any atom is 0.233 e. The van der Waals surface area contributed by atoms with Crippen LogP contribution < -0.4 is 14.2 Å². The van der Waals surface area contributed by atoms with E-state index in [1.54, 1.807) is 32.5 Å². The molecule has 1 aromatic carbocycles. The van der Waals surface area contributed by atoms with E-state index in [4.69, 9.17) is 14.2 Å². The fourth-order valence-corrected chi connectivity index (χ4v) is 2.71. The molecule has 0 aliphatic heterocycles. The maximum atomic E-state index is 9.53. The topological polar surface area (TPSA) is 73.7 Å². The summed E-state index contributed by atoms with van der Waals surface area (Å²) in [6.45, 7) is 0. The lowest BCUT2D eigenvalue weighted by atomic mass is 9.95. The van der Waals surface area contributed by atoms with Crippen LogP contribution in [-0.2, 0) is 0 Å². The Balaban J connectivity index is 1.83. The van der Waals surface area contributed by atoms with Crippen LogP contribution in [0.5, 0.6) is 17.4 Å². The zero-order valence-electron chi connectivity index (χ0n) is 12.8. The fraction of sp³-hybridized carbons (Fsp3) is 0.500. The lowest BCUT2D eigenvalue weighted by Crippen LogP contribution is -2.26. The van der Waals surface area contributed by atoms with E-state index in [0.717, 1.165) is 31.2 Å². The van der Waals surface area contributed by atoms with Gasteiger partial charge in [-0.1, -0.05) is 0 Å². The summed E-state index contributed by atoms with van der Waals surface area (Å²) in [4.78, 5) is 8.86. The lowest BCUT2D eigenvalue weighted by Gasteiger charge is -2.25. The standard InChI is InChI=1S/C16H20N2O4/c1-20-14-7-12-13(8-15(14)21-2)18-16(9-17-12)22-11-5-3-10(19)4-6-11/h7-11,19H,3-6H2,1-2H3. The summed E-state index contributed by atoms with van der Waals surface area (Å²) >= 11 is 0. The second-order valence-corrected chi connectivity index (χ2v) is 5.45. The Morgan fingerprint density at radius 3 is 2.27 bits per heavy atom. The first-order chi connectivity index (χ1) is 10.7. The maximum absolute atomic E-state index is 9.53. The molecule has 2 aromatic rings. The van der Waals surface area contributed by atoms with Crippen LogP contribution in [0.25, 0.3) is 11.0 Å². The number of methoxy groups -OCH3 is 2. The van der Waals surface area contributed by atoms with Crippen molar-refractivity contribution >= 4 is 11.0 Å². The first-order valence-corrected chi connectivity index (χ1v) is 7.43. The molecule has 0 saturated heterocycles. The van der Waals surface area contributed by atoms with Crippen molar-refractivity contribution < 1.29 is 19.3 Å². The molecular weight excluding hydrogens is 284 g/mol. The third-order valence-electron chi connectivity index (χ3n) is 3.96. The van der Waals surface area contributed by atoms with Crippen LogP contribution in [0.4, 0.5) is 0 Å². The zero-order valence-corrected chi connectivity index (χ0v) is 12.8. The summed E-state index contributed by atoms with van der Waals surface area (Å²) in [5.74, 6) is 1.74. The van der Waals surface area contributed by atoms with E-state index in [2.05, 4.69) is 9.97 Å². The summed E-state index contributed by atoms with van der Waals surface area (Å²) in [6, 6.07) is 3.58. The van der Waals surface area contributed by atoms with Gasteiger partial charge >= 0.3 is 0 Å². The predicted molar refractivity (Wildman–Crippen MR) is 81.5 cm³/mol. The van der Waals surface area contributed by atoms with Crippen molar-refractivity contribution in [1.29, 1.82) is 0 Å². The van der Waals surface area contributed by atoms with Crippen molar-refractivity contribution in [2.75, 3.05) is 14.2 Å². The predicted octanol–water partition coefficient (Wildman–Crippen LogP) is 2.33. The Morgan fingerprint density at radius 2 is 1.64 bits per heavy atom. The molecule has 0 bridgehead atoms. The molecule has 3 rings (SSSR count). The molecule has 118 valence electrons. The highest BCUT2D eigenvalue weighted by Gasteiger charge is 2.21. The Bertz CT molecular complexity index is 654. The summed E-state index contributed by atoms with van der Waals surface area (Å²) in [7, 11) is 3.18. The first-order valence-electron chi connectivity index (χ1n) is 7.43. The number of aromatic nitrogens is 2. The molecule has 6 nitrogen and oxygen atoms in total. The van der Waals surface area contributed by atoms with Crippen LogP contribution in [-0.4, -0.2) is 41.5 Å². The molecule has 0 spiro atoms. The van der Waals surface area contributed by atoms with Gasteiger partial charge in [-0.05, 0) is 25.7 Å². The number of benzene rings is 1. The van der Waals surface area contributed by atoms with E-state index >= 15 is 0 Å². The van der Waals surface area contributed by atoms with Gasteiger partial charge in [0.25, 0.3) is 0 Å². The summed E-state index contributed by atoms with van der Waals surface area (Å²) in [5.41, 5.74) is 1.43. The number of fused-ring (bicyclic) bond motifs is 1. The third-order valence-corrected chi connectivity index (χ3v) is 3.96. The monoisotopic (exact) mass is 304 g/mol. The van der Waals surface area contributed by atoms with E-state index in [1.165, 1.54) is 0 Å². The van der Waals surface area contributed by atoms with Crippen molar-refractivity contribution in [2.24, 2.45) is 0 Å². The minimum absolute atomic E-state index is 0.0929. The molecule has 1 aliphatic rings. The summed E-state index contributed by atoms with van der Waals surface area (Å²) in [5, 5.41) is 9.53. The number of rotatable bonds is 4. The second kappa shape index (κ2) is 6.36. The Hall–Kier alpha value is -2.08. The molecular formula is C16H20N2O4. The number of aliphatic hydroxyl groups excluding tert-OH is 1. The summed E-state index contributed by atoms with van der Waals surface area (Å²) in [6.07, 6.45) is 4.75. The molecule has 1 fully saturated rings. The molecule has 1 heterocycles. The highest BCUT2D eigenvalue weighted by atomic mass is 16.5. The number of aliphatic hydroxyl groups is 1. The van der Waals surface area contributed by atoms with Gasteiger partial charge in [-0.15, -0.1) is 0 Å². The van der Waals surface area contributed by atoms with Crippen LogP contribution in [0.15, 0.2) is 18.3 Å². The van der Waals surface area contributed by atoms with Crippen molar-refractivity contribution in [3.63, 3.8) is 0 Å². The first kappa shape index (κ1) is 14.8. The number of hydrogen-bond donors (Lipinski definition) is 1. The average Bonchev–Trinajstić information content (AvgIpc) is 2.55. The van der Waals surface area contributed by atoms with Gasteiger partial charge in [0.2, 0.25) is 5.88 Å². The molecule has 0 radical (unpaired) electrons. The van der Waals surface area contributed by atoms with Crippen molar-refractivity contribution in [2.45, 2.75) is 37.9 Å². The molecule has 1 saturated carbocycles. The molecule has 1 aliphatic carbocycles. The molecule has 1 N–H and O–H groups in total. The molecule has 0 atom stereocenters. The van der Waals surface area contributed by atoms with Crippen molar-refractivity contribution in [3.05, 3.63) is 18.3 Å². The van der Waals surface area contributed by atoms with Gasteiger partial charge in [0.1, 0.15) is 6.10 Å². The van der Waals surface area contributed by atoms with E-state index < -0.39 is 0 Å². The Labute approximate surface area is 129 Å². The lowest BCUT2D eigenvalue weighted by molar-refractivity contribution is 0.0643. The van der Waals surface area contributed by atoms with Crippen molar-refractivity contribution in [1.82, 2.24) is 9.97 Å². The molecule has 22 heavy (non-hydrogen) atoms. The molecule has 0 unspecified atom stereocenters. The SMILES string of the molecule is COc1cc2ncc(OC3CCC(O)CC3)nc2cc1OC. The molecule has 6 heteroatoms. The zero-order chi connectivity index (χ0) is 15.5. The molecule has 0 amide bonds. The Morgan fingerprint density at radius 1 is 1.00 bits per heavy atom. The number of ether oxygens (including phenoxy) is 3. The Kier molecular flexibility index (Phi) is 4.29. The highest BCUT2D eigenvalue weighted by molar-refractivity contribution is 5.79. The van der Waals surface area contributed by atoms with Crippen LogP contribution in [0, 0.1) is 0 Å². The van der Waals surface area contributed by atoms with Crippen LogP contribution in [0.3, 0.4) is 0 Å². The third kappa shape index (κ3) is 3.06. The van der Waals surface area contributed by atoms with Crippen LogP contribution in [0.2, 0.25) is 0 Å². The quantitative estimate of drug-likeness (QED) is 0.934. The summed E-state index contributed by atoms with van der Waals surface area (Å²) < 4.78 is 16.4. The van der Waals surface area contributed by atoms with Gasteiger partial charge < -0.3 is 19.3 Å². The van der Waals surface area contributed by atoms with Gasteiger partial charge in [-0.2, -0.15) is 0 Å². The van der Waals surface area contributed by atoms with Gasteiger partial charge in [-0.3, -0.25) is 0 Å². The van der Waals surface area contributed by atoms with E-state index in [1.807, 2.05) is 0 Å². The minimum atomic E-state index is -0.195. The average molecular weight is 304 g/mol. The van der Waals surface area contributed by atoms with Gasteiger partial charge in [0, 0.05) is 12.1 Å². The largest absolute Gasteiger partial charge is 0.493 e. The van der Waals surface area contributed by atoms with Gasteiger partial charge in [0.15, 0.2) is 11.5 Å². The smallest absolute Gasteiger partial charge is 0.233 e. The van der Waals surface area contributed by atoms with E-state index in [9.17, 15) is 5.11 Å². The van der Waals surface area contributed by atoms with Crippen molar-refractivity contribution in [3.8, 4) is 17.4 Å². The van der Waals surface area contributed by atoms with Crippen LogP contribution in [0.1, 0.15) is 25.7 Å². The van der Waals surface area contributed by atoms with Gasteiger partial charge in [0.05, 0.1) is 37.6 Å². The molecule has 1 aromatic heterocycles. The van der Waals surface area contributed by atoms with E-state index in [0.29, 0.717) is 22.9 Å². The minimum Gasteiger partial charge on any atom is -0.493 e. The van der Waals surface area contributed by atoms with Gasteiger partial charge in [-0.25, -0.2) is 9.97 Å². The van der Waals surface area contributed by atoms with E-state index in [-0.39, 0.29) is 12.2 Å². The van der Waals surface area contributed by atoms with Crippen LogP contribution >= 0.6 is 0 Å². The second-order valence-electron chi connectivity index (χ2n) is 5.45. The normalized spacial score (nSPS) is 21.6.